The molecular weight excluding hydrogens is 456 g/mol. The number of imidazole rings is 1. The van der Waals surface area contributed by atoms with Crippen molar-refractivity contribution >= 4 is 38.7 Å². The second-order valence-electron chi connectivity index (χ2n) is 8.70. The second-order valence-corrected chi connectivity index (χ2v) is 11.4. The highest BCUT2D eigenvalue weighted by atomic mass is 32.2. The van der Waals surface area contributed by atoms with Crippen LogP contribution in [-0.4, -0.2) is 28.5 Å². The minimum Gasteiger partial charge on any atom is -0.399 e. The number of nitrogens with one attached hydrogen (secondary N) is 2. The van der Waals surface area contributed by atoms with Crippen molar-refractivity contribution in [3.8, 4) is 21.0 Å². The number of sulfonamides is 1. The molecule has 2 aromatic carbocycles. The fourth-order valence-electron chi connectivity index (χ4n) is 3.26. The van der Waals surface area contributed by atoms with E-state index >= 15 is 0 Å². The van der Waals surface area contributed by atoms with Gasteiger partial charge in [0.2, 0.25) is 16.0 Å². The summed E-state index contributed by atoms with van der Waals surface area (Å²) < 4.78 is 31.4. The van der Waals surface area contributed by atoms with Crippen LogP contribution in [0.2, 0.25) is 0 Å². The SMILES string of the molecule is Cn1ccnc1Nc1ccc(-c2cnc(-c3ccc(N)cc3)s2)c(S(=O)(=O)NC(C)(C)C)c1. The summed E-state index contributed by atoms with van der Waals surface area (Å²) in [5, 5.41) is 3.96. The number of nitrogens with two attached hydrogens (primary N) is 1. The molecule has 8 nitrogen and oxygen atoms in total. The Labute approximate surface area is 197 Å². The minimum atomic E-state index is -3.82. The molecule has 4 N–H and O–H groups in total. The number of thiazole rings is 1. The van der Waals surface area contributed by atoms with Gasteiger partial charge in [-0.1, -0.05) is 6.07 Å². The lowest BCUT2D eigenvalue weighted by molar-refractivity contribution is 0.491. The van der Waals surface area contributed by atoms with Gasteiger partial charge in [0.25, 0.3) is 0 Å². The Hall–Kier alpha value is -3.21. The van der Waals surface area contributed by atoms with E-state index in [0.29, 0.717) is 22.9 Å². The Morgan fingerprint density at radius 1 is 1.06 bits per heavy atom. The van der Waals surface area contributed by atoms with Crippen molar-refractivity contribution in [1.29, 1.82) is 0 Å². The normalized spacial score (nSPS) is 12.1. The molecule has 0 aliphatic carbocycles. The molecule has 4 aromatic rings. The molecule has 2 heterocycles. The summed E-state index contributed by atoms with van der Waals surface area (Å²) in [5.41, 5.74) is 7.94. The smallest absolute Gasteiger partial charge is 0.241 e. The maximum absolute atomic E-state index is 13.4. The summed E-state index contributed by atoms with van der Waals surface area (Å²) in [7, 11) is -1.96. The number of nitrogen functional groups attached to an aromatic ring is 1. The lowest BCUT2D eigenvalue weighted by Gasteiger charge is -2.22. The third-order valence-corrected chi connectivity index (χ3v) is 7.60. The van der Waals surface area contributed by atoms with E-state index in [-0.39, 0.29) is 4.90 Å². The van der Waals surface area contributed by atoms with Crippen molar-refractivity contribution in [1.82, 2.24) is 19.3 Å². The molecule has 0 amide bonds. The Morgan fingerprint density at radius 3 is 2.42 bits per heavy atom. The number of anilines is 3. The molecule has 4 rings (SSSR count). The molecule has 0 atom stereocenters. The highest BCUT2D eigenvalue weighted by Gasteiger charge is 2.26. The van der Waals surface area contributed by atoms with Crippen molar-refractivity contribution in [3.63, 3.8) is 0 Å². The van der Waals surface area contributed by atoms with Gasteiger partial charge in [0.1, 0.15) is 5.01 Å². The number of aromatic nitrogens is 3. The summed E-state index contributed by atoms with van der Waals surface area (Å²) in [4.78, 5) is 9.69. The molecule has 0 aliphatic rings. The first-order valence-corrected chi connectivity index (χ1v) is 12.6. The van der Waals surface area contributed by atoms with E-state index in [9.17, 15) is 8.42 Å². The molecule has 0 saturated heterocycles. The molecule has 0 unspecified atom stereocenters. The largest absolute Gasteiger partial charge is 0.399 e. The zero-order valence-corrected chi connectivity index (χ0v) is 20.5. The molecule has 172 valence electrons. The minimum absolute atomic E-state index is 0.171. The van der Waals surface area contributed by atoms with Crippen molar-refractivity contribution in [2.75, 3.05) is 11.1 Å². The van der Waals surface area contributed by atoms with Gasteiger partial charge in [-0.05, 0) is 57.2 Å². The van der Waals surface area contributed by atoms with Crippen LogP contribution in [-0.2, 0) is 17.1 Å². The third-order valence-electron chi connectivity index (χ3n) is 4.72. The summed E-state index contributed by atoms with van der Waals surface area (Å²) in [6, 6.07) is 12.7. The monoisotopic (exact) mass is 482 g/mol. The average Bonchev–Trinajstić information content (AvgIpc) is 3.37. The number of aryl methyl sites for hydroxylation is 1. The number of rotatable bonds is 6. The van der Waals surface area contributed by atoms with Gasteiger partial charge in [-0.15, -0.1) is 11.3 Å². The lowest BCUT2D eigenvalue weighted by Crippen LogP contribution is -2.40. The van der Waals surface area contributed by atoms with Crippen molar-refractivity contribution < 1.29 is 8.42 Å². The van der Waals surface area contributed by atoms with E-state index in [1.54, 1.807) is 24.5 Å². The maximum atomic E-state index is 13.4. The average molecular weight is 483 g/mol. The van der Waals surface area contributed by atoms with E-state index in [2.05, 4.69) is 20.0 Å². The van der Waals surface area contributed by atoms with Crippen LogP contribution in [0.25, 0.3) is 21.0 Å². The van der Waals surface area contributed by atoms with Crippen molar-refractivity contribution in [3.05, 3.63) is 61.1 Å². The Morgan fingerprint density at radius 2 is 1.79 bits per heavy atom. The Balaban J connectivity index is 1.78. The van der Waals surface area contributed by atoms with Crippen LogP contribution >= 0.6 is 11.3 Å². The van der Waals surface area contributed by atoms with Gasteiger partial charge in [-0.3, -0.25) is 0 Å². The van der Waals surface area contributed by atoms with Crippen molar-refractivity contribution in [2.45, 2.75) is 31.2 Å². The summed E-state index contributed by atoms with van der Waals surface area (Å²) in [6.45, 7) is 5.43. The first-order chi connectivity index (χ1) is 15.5. The highest BCUT2D eigenvalue weighted by molar-refractivity contribution is 7.89. The van der Waals surface area contributed by atoms with Gasteiger partial charge in [-0.25, -0.2) is 23.1 Å². The Bertz CT molecular complexity index is 1380. The lowest BCUT2D eigenvalue weighted by atomic mass is 10.1. The summed E-state index contributed by atoms with van der Waals surface area (Å²) >= 11 is 1.43. The predicted octanol–water partition coefficient (Wildman–Crippen LogP) is 4.61. The topological polar surface area (TPSA) is 115 Å². The molecule has 33 heavy (non-hydrogen) atoms. The molecular formula is C23H26N6O2S2. The van der Waals surface area contributed by atoms with Crippen LogP contribution < -0.4 is 15.8 Å². The van der Waals surface area contributed by atoms with Gasteiger partial charge in [-0.2, -0.15) is 0 Å². The van der Waals surface area contributed by atoms with Crippen LogP contribution in [0.3, 0.4) is 0 Å². The van der Waals surface area contributed by atoms with E-state index in [0.717, 1.165) is 15.4 Å². The zero-order valence-electron chi connectivity index (χ0n) is 18.8. The van der Waals surface area contributed by atoms with Crippen LogP contribution in [0, 0.1) is 0 Å². The third kappa shape index (κ3) is 5.24. The first-order valence-electron chi connectivity index (χ1n) is 10.3. The van der Waals surface area contributed by atoms with Crippen LogP contribution in [0.1, 0.15) is 20.8 Å². The van der Waals surface area contributed by atoms with E-state index < -0.39 is 15.6 Å². The number of hydrogen-bond acceptors (Lipinski definition) is 7. The van der Waals surface area contributed by atoms with E-state index in [1.807, 2.05) is 68.9 Å². The molecule has 2 aromatic heterocycles. The second kappa shape index (κ2) is 8.62. The number of hydrogen-bond donors (Lipinski definition) is 3. The van der Waals surface area contributed by atoms with Crippen LogP contribution in [0.5, 0.6) is 0 Å². The predicted molar refractivity (Wildman–Crippen MR) is 134 cm³/mol. The molecule has 0 fully saturated rings. The number of benzene rings is 2. The van der Waals surface area contributed by atoms with Gasteiger partial charge in [0, 0.05) is 53.7 Å². The fraction of sp³-hybridized carbons (Fsp3) is 0.217. The number of nitrogens with zero attached hydrogens (tertiary/aromatic N) is 3. The first kappa shape index (κ1) is 23.0. The molecule has 10 heteroatoms. The summed E-state index contributed by atoms with van der Waals surface area (Å²) in [6.07, 6.45) is 5.19. The highest BCUT2D eigenvalue weighted by Crippen LogP contribution is 2.37. The molecule has 0 aliphatic heterocycles. The quantitative estimate of drug-likeness (QED) is 0.346. The molecule has 0 bridgehead atoms. The molecule has 0 spiro atoms. The fourth-order valence-corrected chi connectivity index (χ4v) is 5.95. The van der Waals surface area contributed by atoms with Gasteiger partial charge in [0.15, 0.2) is 0 Å². The molecule has 0 radical (unpaired) electrons. The maximum Gasteiger partial charge on any atom is 0.241 e. The van der Waals surface area contributed by atoms with E-state index in [4.69, 9.17) is 5.73 Å². The standard InChI is InChI=1S/C23H26N6O2S2/c1-23(2,3)28-33(30,31)20-13-17(27-22-25-11-12-29(22)4)9-10-18(20)19-14-26-21(32-19)15-5-7-16(24)8-6-15/h5-14,28H,24H2,1-4H3,(H,25,27). The van der Waals surface area contributed by atoms with Crippen molar-refractivity contribution in [2.24, 2.45) is 7.05 Å². The van der Waals surface area contributed by atoms with E-state index in [1.165, 1.54) is 11.3 Å². The van der Waals surface area contributed by atoms with Crippen LogP contribution in [0.15, 0.2) is 66.0 Å². The zero-order chi connectivity index (χ0) is 23.8. The summed E-state index contributed by atoms with van der Waals surface area (Å²) in [5.74, 6) is 0.610. The van der Waals surface area contributed by atoms with Gasteiger partial charge in [0.05, 0.1) is 9.77 Å². The molecule has 0 saturated carbocycles. The van der Waals surface area contributed by atoms with Crippen LogP contribution in [0.4, 0.5) is 17.3 Å². The Kier molecular flexibility index (Phi) is 6.00. The van der Waals surface area contributed by atoms with Gasteiger partial charge < -0.3 is 15.6 Å². The van der Waals surface area contributed by atoms with Gasteiger partial charge >= 0.3 is 0 Å².